The quantitative estimate of drug-likeness (QED) is 0.493. The van der Waals surface area contributed by atoms with Crippen molar-refractivity contribution in [1.29, 1.82) is 0 Å². The summed E-state index contributed by atoms with van der Waals surface area (Å²) in [5.74, 6) is 2.36. The van der Waals surface area contributed by atoms with Crippen molar-refractivity contribution in [1.82, 2.24) is 0 Å². The maximum absolute atomic E-state index is 5.16. The van der Waals surface area contributed by atoms with Crippen LogP contribution in [-0.4, -0.2) is 0 Å². The lowest BCUT2D eigenvalue weighted by atomic mass is 9.60. The van der Waals surface area contributed by atoms with Crippen molar-refractivity contribution in [3.05, 3.63) is 83.9 Å². The van der Waals surface area contributed by atoms with Crippen LogP contribution in [0, 0.1) is 29.1 Å². The number of nitrogens with zero attached hydrogens (tertiary/aromatic N) is 2. The summed E-state index contributed by atoms with van der Waals surface area (Å²) in [7, 11) is 0. The van der Waals surface area contributed by atoms with Crippen molar-refractivity contribution in [3.63, 3.8) is 0 Å². The van der Waals surface area contributed by atoms with Crippen molar-refractivity contribution in [3.8, 4) is 0 Å². The predicted molar refractivity (Wildman–Crippen MR) is 103 cm³/mol. The van der Waals surface area contributed by atoms with Crippen LogP contribution in [0.3, 0.4) is 0 Å². The molecule has 0 N–H and O–H groups in total. The molecule has 2 heteroatoms. The molecule has 6 atom stereocenters. The maximum atomic E-state index is 5.16. The van der Waals surface area contributed by atoms with Gasteiger partial charge < -0.3 is 0 Å². The van der Waals surface area contributed by atoms with E-state index in [0.29, 0.717) is 23.7 Å². The SMILES string of the molecule is CC1(C)[C@]2(c3ccccc3)N=N[C@@]1(c1ccccc1)[C@@H]1[C@H]2[C@@H]2C=C[C@H]1C2. The summed E-state index contributed by atoms with van der Waals surface area (Å²) in [4.78, 5) is 0. The fourth-order valence-electron chi connectivity index (χ4n) is 7.23. The fourth-order valence-corrected chi connectivity index (χ4v) is 7.23. The number of benzene rings is 2. The van der Waals surface area contributed by atoms with Crippen LogP contribution in [-0.2, 0) is 11.1 Å². The van der Waals surface area contributed by atoms with Gasteiger partial charge in [-0.25, -0.2) is 0 Å². The average Bonchev–Trinajstić information content (AvgIpc) is 3.39. The summed E-state index contributed by atoms with van der Waals surface area (Å²) in [6.07, 6.45) is 6.22. The van der Waals surface area contributed by atoms with Crippen molar-refractivity contribution >= 4 is 0 Å². The molecule has 2 aromatic carbocycles. The fraction of sp³-hybridized carbons (Fsp3) is 0.417. The molecule has 2 fully saturated rings. The lowest BCUT2D eigenvalue weighted by Crippen LogP contribution is -2.45. The zero-order valence-corrected chi connectivity index (χ0v) is 15.3. The normalized spacial score (nSPS) is 43.2. The highest BCUT2D eigenvalue weighted by molar-refractivity contribution is 5.48. The molecule has 4 bridgehead atoms. The minimum atomic E-state index is -0.223. The zero-order chi connectivity index (χ0) is 17.6. The molecule has 130 valence electrons. The Morgan fingerprint density at radius 3 is 1.54 bits per heavy atom. The second kappa shape index (κ2) is 4.54. The number of rotatable bonds is 2. The molecule has 0 aromatic heterocycles. The third-order valence-electron chi connectivity index (χ3n) is 8.12. The van der Waals surface area contributed by atoms with E-state index in [-0.39, 0.29) is 16.5 Å². The zero-order valence-electron chi connectivity index (χ0n) is 15.3. The Balaban J connectivity index is 1.68. The van der Waals surface area contributed by atoms with Gasteiger partial charge in [-0.1, -0.05) is 86.7 Å². The first-order chi connectivity index (χ1) is 12.6. The van der Waals surface area contributed by atoms with Crippen molar-refractivity contribution < 1.29 is 0 Å². The van der Waals surface area contributed by atoms with E-state index in [1.165, 1.54) is 17.5 Å². The van der Waals surface area contributed by atoms with Gasteiger partial charge in [0.1, 0.15) is 11.1 Å². The van der Waals surface area contributed by atoms with E-state index in [1.54, 1.807) is 0 Å². The van der Waals surface area contributed by atoms with Crippen LogP contribution >= 0.6 is 0 Å². The Labute approximate surface area is 155 Å². The van der Waals surface area contributed by atoms with Crippen LogP contribution in [0.1, 0.15) is 31.4 Å². The van der Waals surface area contributed by atoms with E-state index >= 15 is 0 Å². The number of hydrogen-bond donors (Lipinski definition) is 0. The first kappa shape index (κ1) is 14.9. The first-order valence-electron chi connectivity index (χ1n) is 9.86. The molecule has 26 heavy (non-hydrogen) atoms. The number of fused-ring (bicyclic) bond motifs is 9. The van der Waals surface area contributed by atoms with Gasteiger partial charge in [-0.3, -0.25) is 0 Å². The molecule has 0 amide bonds. The first-order valence-corrected chi connectivity index (χ1v) is 9.86. The molecule has 0 unspecified atom stereocenters. The third kappa shape index (κ3) is 1.34. The van der Waals surface area contributed by atoms with Gasteiger partial charge in [-0.2, -0.15) is 10.2 Å². The van der Waals surface area contributed by atoms with Crippen LogP contribution in [0.4, 0.5) is 0 Å². The second-order valence-electron chi connectivity index (χ2n) is 9.09. The molecule has 4 aliphatic rings. The van der Waals surface area contributed by atoms with E-state index < -0.39 is 0 Å². The monoisotopic (exact) mass is 340 g/mol. The topological polar surface area (TPSA) is 24.7 Å². The van der Waals surface area contributed by atoms with Gasteiger partial charge >= 0.3 is 0 Å². The Morgan fingerprint density at radius 1 is 0.692 bits per heavy atom. The molecule has 6 rings (SSSR count). The molecule has 2 saturated carbocycles. The summed E-state index contributed by atoms with van der Waals surface area (Å²) in [5.41, 5.74) is 2.19. The molecule has 3 aliphatic carbocycles. The molecule has 0 saturated heterocycles. The van der Waals surface area contributed by atoms with Gasteiger partial charge in [0.15, 0.2) is 0 Å². The molecular weight excluding hydrogens is 316 g/mol. The average molecular weight is 340 g/mol. The molecule has 1 aliphatic heterocycles. The molecular formula is C24H24N2. The molecule has 2 aromatic rings. The Bertz CT molecular complexity index is 856. The minimum Gasteiger partial charge on any atom is -0.181 e. The van der Waals surface area contributed by atoms with Gasteiger partial charge in [0, 0.05) is 17.3 Å². The largest absolute Gasteiger partial charge is 0.181 e. The highest BCUT2D eigenvalue weighted by Gasteiger charge is 2.81. The van der Waals surface area contributed by atoms with Gasteiger partial charge in [0.2, 0.25) is 0 Å². The van der Waals surface area contributed by atoms with E-state index in [0.717, 1.165) is 0 Å². The third-order valence-corrected chi connectivity index (χ3v) is 8.12. The van der Waals surface area contributed by atoms with Crippen molar-refractivity contribution in [2.45, 2.75) is 31.3 Å². The number of hydrogen-bond acceptors (Lipinski definition) is 2. The highest BCUT2D eigenvalue weighted by Crippen LogP contribution is 2.80. The van der Waals surface area contributed by atoms with E-state index in [9.17, 15) is 0 Å². The van der Waals surface area contributed by atoms with Gasteiger partial charge in [-0.15, -0.1) is 0 Å². The maximum Gasteiger partial charge on any atom is 0.118 e. The van der Waals surface area contributed by atoms with Crippen molar-refractivity contribution in [2.75, 3.05) is 0 Å². The number of allylic oxidation sites excluding steroid dienone is 2. The van der Waals surface area contributed by atoms with Gasteiger partial charge in [0.05, 0.1) is 0 Å². The number of azo groups is 1. The van der Waals surface area contributed by atoms with Crippen LogP contribution in [0.2, 0.25) is 0 Å². The van der Waals surface area contributed by atoms with Crippen LogP contribution in [0.5, 0.6) is 0 Å². The standard InChI is InChI=1S/C24H24N2/c1-22(2)23(18-9-5-3-6-10-18)20-16-13-14-17(15-16)21(20)24(22,26-25-23)19-11-7-4-8-12-19/h3-14,16-17,20-21H,15H2,1-2H3/t16-,17+,20-,21+,23-,24+. The van der Waals surface area contributed by atoms with Gasteiger partial charge in [0.25, 0.3) is 0 Å². The molecule has 1 heterocycles. The molecule has 0 radical (unpaired) electrons. The minimum absolute atomic E-state index is 0.0546. The van der Waals surface area contributed by atoms with Crippen LogP contribution in [0.25, 0.3) is 0 Å². The van der Waals surface area contributed by atoms with Crippen molar-refractivity contribution in [2.24, 2.45) is 39.3 Å². The Kier molecular flexibility index (Phi) is 2.60. The lowest BCUT2D eigenvalue weighted by Gasteiger charge is -2.42. The van der Waals surface area contributed by atoms with Gasteiger partial charge in [-0.05, 0) is 29.4 Å². The lowest BCUT2D eigenvalue weighted by molar-refractivity contribution is 0.131. The van der Waals surface area contributed by atoms with Crippen LogP contribution in [0.15, 0.2) is 83.0 Å². The summed E-state index contributed by atoms with van der Waals surface area (Å²) >= 11 is 0. The van der Waals surface area contributed by atoms with Crippen LogP contribution < -0.4 is 0 Å². The summed E-state index contributed by atoms with van der Waals surface area (Å²) in [5, 5.41) is 10.3. The second-order valence-corrected chi connectivity index (χ2v) is 9.09. The Hall–Kier alpha value is -2.22. The smallest absolute Gasteiger partial charge is 0.118 e. The summed E-state index contributed by atoms with van der Waals surface area (Å²) < 4.78 is 0. The van der Waals surface area contributed by atoms with E-state index in [1.807, 2.05) is 0 Å². The molecule has 2 nitrogen and oxygen atoms in total. The summed E-state index contributed by atoms with van der Waals surface area (Å²) in [6, 6.07) is 22.0. The summed E-state index contributed by atoms with van der Waals surface area (Å²) in [6.45, 7) is 4.84. The van der Waals surface area contributed by atoms with E-state index in [2.05, 4.69) is 86.7 Å². The highest BCUT2D eigenvalue weighted by atomic mass is 15.3. The predicted octanol–water partition coefficient (Wildman–Crippen LogP) is 5.72. The molecule has 0 spiro atoms. The Morgan fingerprint density at radius 2 is 1.12 bits per heavy atom. The van der Waals surface area contributed by atoms with E-state index in [4.69, 9.17) is 10.2 Å².